The van der Waals surface area contributed by atoms with Gasteiger partial charge in [-0.3, -0.25) is 4.79 Å². The maximum absolute atomic E-state index is 12.3. The molecule has 1 aliphatic carbocycles. The Bertz CT molecular complexity index is 1230. The van der Waals surface area contributed by atoms with Crippen LogP contribution < -0.4 is 10.6 Å². The second kappa shape index (κ2) is 10.7. The molecule has 0 bridgehead atoms. The number of hydrogen-bond acceptors (Lipinski definition) is 5. The highest BCUT2D eigenvalue weighted by atomic mass is 16.5. The van der Waals surface area contributed by atoms with Gasteiger partial charge >= 0.3 is 12.1 Å². The van der Waals surface area contributed by atoms with Crippen molar-refractivity contribution in [3.8, 4) is 11.1 Å². The first-order chi connectivity index (χ1) is 16.9. The molecule has 180 valence electrons. The Morgan fingerprint density at radius 1 is 1.06 bits per heavy atom. The molecule has 2 amide bonds. The van der Waals surface area contributed by atoms with Crippen molar-refractivity contribution in [2.45, 2.75) is 19.4 Å². The third kappa shape index (κ3) is 5.57. The minimum atomic E-state index is -1.03. The zero-order chi connectivity index (χ0) is 24.8. The van der Waals surface area contributed by atoms with Gasteiger partial charge in [0.05, 0.1) is 6.33 Å². The SMILES string of the molecule is C/C(=C\CNC(=O)c1cn(CCNC(=O)OCC2c3ccccc3-c3ccccc32)cn1)C(=O)O. The molecule has 0 saturated heterocycles. The fourth-order valence-corrected chi connectivity index (χ4v) is 4.01. The minimum Gasteiger partial charge on any atom is -0.478 e. The molecular formula is C26H26N4O5. The number of rotatable bonds is 9. The lowest BCUT2D eigenvalue weighted by Crippen LogP contribution is -2.29. The number of carbonyl (C=O) groups excluding carboxylic acids is 2. The second-order valence-electron chi connectivity index (χ2n) is 8.15. The molecule has 1 heterocycles. The van der Waals surface area contributed by atoms with E-state index in [0.717, 1.165) is 11.1 Å². The summed E-state index contributed by atoms with van der Waals surface area (Å²) in [6, 6.07) is 16.3. The van der Waals surface area contributed by atoms with Gasteiger partial charge in [0.2, 0.25) is 0 Å². The summed E-state index contributed by atoms with van der Waals surface area (Å²) >= 11 is 0. The van der Waals surface area contributed by atoms with Crippen LogP contribution in [0.5, 0.6) is 0 Å². The van der Waals surface area contributed by atoms with Crippen molar-refractivity contribution in [3.05, 3.63) is 89.5 Å². The van der Waals surface area contributed by atoms with Crippen LogP contribution >= 0.6 is 0 Å². The molecule has 0 radical (unpaired) electrons. The highest BCUT2D eigenvalue weighted by Gasteiger charge is 2.28. The quantitative estimate of drug-likeness (QED) is 0.410. The van der Waals surface area contributed by atoms with E-state index in [1.807, 2.05) is 24.3 Å². The van der Waals surface area contributed by atoms with Crippen LogP contribution in [0, 0.1) is 0 Å². The molecule has 0 spiro atoms. The molecule has 1 aromatic heterocycles. The molecule has 0 unspecified atom stereocenters. The number of nitrogens with one attached hydrogen (secondary N) is 2. The maximum atomic E-state index is 12.3. The molecule has 0 atom stereocenters. The van der Waals surface area contributed by atoms with E-state index in [9.17, 15) is 14.4 Å². The number of carboxylic acid groups (broad SMARTS) is 1. The summed E-state index contributed by atoms with van der Waals surface area (Å²) in [7, 11) is 0. The topological polar surface area (TPSA) is 123 Å². The first-order valence-electron chi connectivity index (χ1n) is 11.2. The van der Waals surface area contributed by atoms with E-state index in [1.54, 1.807) is 10.8 Å². The normalized spacial score (nSPS) is 12.5. The van der Waals surface area contributed by atoms with Crippen molar-refractivity contribution < 1.29 is 24.2 Å². The lowest BCUT2D eigenvalue weighted by Gasteiger charge is -2.14. The van der Waals surface area contributed by atoms with Gasteiger partial charge in [-0.25, -0.2) is 14.6 Å². The van der Waals surface area contributed by atoms with Gasteiger partial charge in [0.25, 0.3) is 5.91 Å². The Balaban J connectivity index is 1.23. The summed E-state index contributed by atoms with van der Waals surface area (Å²) < 4.78 is 7.19. The van der Waals surface area contributed by atoms with Crippen molar-refractivity contribution in [2.24, 2.45) is 0 Å². The third-order valence-electron chi connectivity index (χ3n) is 5.86. The molecule has 0 aliphatic heterocycles. The van der Waals surface area contributed by atoms with E-state index in [2.05, 4.69) is 39.9 Å². The summed E-state index contributed by atoms with van der Waals surface area (Å²) in [6.07, 6.45) is 3.95. The second-order valence-corrected chi connectivity index (χ2v) is 8.15. The standard InChI is InChI=1S/C26H26N4O5/c1-17(25(32)33)10-11-27-24(31)23-14-30(16-29-23)13-12-28-26(34)35-15-22-20-8-4-2-6-18(20)19-7-3-5-9-21(19)22/h2-10,14,16,22H,11-13,15H2,1H3,(H,27,31)(H,28,34)(H,32,33)/b17-10+. The smallest absolute Gasteiger partial charge is 0.407 e. The number of benzene rings is 2. The Labute approximate surface area is 202 Å². The van der Waals surface area contributed by atoms with Gasteiger partial charge in [-0.2, -0.15) is 0 Å². The summed E-state index contributed by atoms with van der Waals surface area (Å²) in [5.74, 6) is -1.45. The molecule has 1 aliphatic rings. The number of nitrogens with zero attached hydrogens (tertiary/aromatic N) is 2. The number of carbonyl (C=O) groups is 3. The van der Waals surface area contributed by atoms with E-state index in [4.69, 9.17) is 9.84 Å². The van der Waals surface area contributed by atoms with Crippen LogP contribution in [0.3, 0.4) is 0 Å². The maximum Gasteiger partial charge on any atom is 0.407 e. The predicted molar refractivity (Wildman–Crippen MR) is 129 cm³/mol. The Kier molecular flexibility index (Phi) is 7.25. The minimum absolute atomic E-state index is 0.00278. The van der Waals surface area contributed by atoms with Gasteiger partial charge in [0.15, 0.2) is 0 Å². The monoisotopic (exact) mass is 474 g/mol. The van der Waals surface area contributed by atoms with Gasteiger partial charge in [-0.15, -0.1) is 0 Å². The molecular weight excluding hydrogens is 448 g/mol. The molecule has 9 heteroatoms. The van der Waals surface area contributed by atoms with Crippen LogP contribution in [0.4, 0.5) is 4.79 Å². The van der Waals surface area contributed by atoms with Crippen LogP contribution in [0.1, 0.15) is 34.5 Å². The molecule has 4 rings (SSSR count). The number of aliphatic carboxylic acids is 1. The van der Waals surface area contributed by atoms with E-state index in [1.165, 1.54) is 30.5 Å². The highest BCUT2D eigenvalue weighted by molar-refractivity contribution is 5.92. The fraction of sp³-hybridized carbons (Fsp3) is 0.231. The average Bonchev–Trinajstić information content (AvgIpc) is 3.45. The van der Waals surface area contributed by atoms with Crippen LogP contribution in [0.15, 0.2) is 72.7 Å². The first kappa shape index (κ1) is 23.7. The van der Waals surface area contributed by atoms with E-state index in [0.29, 0.717) is 13.1 Å². The van der Waals surface area contributed by atoms with Crippen molar-refractivity contribution in [2.75, 3.05) is 19.7 Å². The largest absolute Gasteiger partial charge is 0.478 e. The Morgan fingerprint density at radius 3 is 2.37 bits per heavy atom. The van der Waals surface area contributed by atoms with E-state index >= 15 is 0 Å². The van der Waals surface area contributed by atoms with Gasteiger partial charge in [0, 0.05) is 37.3 Å². The van der Waals surface area contributed by atoms with Crippen molar-refractivity contribution in [1.29, 1.82) is 0 Å². The summed E-state index contributed by atoms with van der Waals surface area (Å²) in [5.41, 5.74) is 5.00. The zero-order valence-corrected chi connectivity index (χ0v) is 19.2. The van der Waals surface area contributed by atoms with Gasteiger partial charge in [0.1, 0.15) is 12.3 Å². The fourth-order valence-electron chi connectivity index (χ4n) is 4.01. The van der Waals surface area contributed by atoms with E-state index in [-0.39, 0.29) is 30.3 Å². The van der Waals surface area contributed by atoms with Crippen LogP contribution in [-0.2, 0) is 16.1 Å². The Morgan fingerprint density at radius 2 is 1.71 bits per heavy atom. The number of alkyl carbamates (subject to hydrolysis) is 1. The number of hydrogen-bond donors (Lipinski definition) is 3. The molecule has 0 saturated carbocycles. The molecule has 35 heavy (non-hydrogen) atoms. The van der Waals surface area contributed by atoms with Crippen molar-refractivity contribution >= 4 is 18.0 Å². The molecule has 3 aromatic rings. The molecule has 0 fully saturated rings. The summed E-state index contributed by atoms with van der Waals surface area (Å²) in [6.45, 7) is 2.49. The predicted octanol–water partition coefficient (Wildman–Crippen LogP) is 3.18. The molecule has 9 nitrogen and oxygen atoms in total. The van der Waals surface area contributed by atoms with Crippen LogP contribution in [-0.4, -0.2) is 52.3 Å². The van der Waals surface area contributed by atoms with Gasteiger partial charge < -0.3 is 25.0 Å². The van der Waals surface area contributed by atoms with Crippen molar-refractivity contribution in [3.63, 3.8) is 0 Å². The van der Waals surface area contributed by atoms with Gasteiger partial charge in [-0.05, 0) is 29.2 Å². The first-order valence-corrected chi connectivity index (χ1v) is 11.2. The van der Waals surface area contributed by atoms with Crippen LogP contribution in [0.25, 0.3) is 11.1 Å². The number of fused-ring (bicyclic) bond motifs is 3. The van der Waals surface area contributed by atoms with Crippen LogP contribution in [0.2, 0.25) is 0 Å². The van der Waals surface area contributed by atoms with Gasteiger partial charge in [-0.1, -0.05) is 54.6 Å². The number of ether oxygens (including phenoxy) is 1. The van der Waals surface area contributed by atoms with E-state index < -0.39 is 18.0 Å². The Hall–Kier alpha value is -4.40. The average molecular weight is 475 g/mol. The molecule has 2 aromatic carbocycles. The number of carboxylic acids is 1. The summed E-state index contributed by atoms with van der Waals surface area (Å²) in [4.78, 5) is 39.2. The lowest BCUT2D eigenvalue weighted by molar-refractivity contribution is -0.132. The number of imidazole rings is 1. The lowest BCUT2D eigenvalue weighted by atomic mass is 9.98. The number of aromatic nitrogens is 2. The number of amides is 2. The van der Waals surface area contributed by atoms with Crippen molar-refractivity contribution in [1.82, 2.24) is 20.2 Å². The third-order valence-corrected chi connectivity index (χ3v) is 5.86. The summed E-state index contributed by atoms with van der Waals surface area (Å²) in [5, 5.41) is 14.1. The highest BCUT2D eigenvalue weighted by Crippen LogP contribution is 2.44. The zero-order valence-electron chi connectivity index (χ0n) is 19.2. The molecule has 3 N–H and O–H groups in total.